The second-order valence-electron chi connectivity index (χ2n) is 5.56. The molecule has 0 aromatic heterocycles. The highest BCUT2D eigenvalue weighted by Crippen LogP contribution is 2.23. The molecule has 1 aliphatic carbocycles. The summed E-state index contributed by atoms with van der Waals surface area (Å²) in [6.07, 6.45) is 4.46. The van der Waals surface area contributed by atoms with Gasteiger partial charge in [-0.1, -0.05) is 6.92 Å². The summed E-state index contributed by atoms with van der Waals surface area (Å²) < 4.78 is 4.69. The topological polar surface area (TPSA) is 41.6 Å². The van der Waals surface area contributed by atoms with Crippen LogP contribution in [0.4, 0.5) is 0 Å². The number of rotatable bonds is 5. The smallest absolute Gasteiger partial charge is 0.306 e. The van der Waals surface area contributed by atoms with Gasteiger partial charge < -0.3 is 15.0 Å². The minimum atomic E-state index is -0.102. The Morgan fingerprint density at radius 2 is 2.12 bits per heavy atom. The van der Waals surface area contributed by atoms with Crippen molar-refractivity contribution in [3.8, 4) is 0 Å². The zero-order chi connectivity index (χ0) is 12.3. The first kappa shape index (κ1) is 12.8. The average Bonchev–Trinajstić information content (AvgIpc) is 3.09. The molecule has 4 nitrogen and oxygen atoms in total. The fraction of sp³-hybridized carbons (Fsp3) is 0.923. The largest absolute Gasteiger partial charge is 0.469 e. The highest BCUT2D eigenvalue weighted by Gasteiger charge is 2.30. The molecule has 0 amide bonds. The number of ether oxygens (including phenoxy) is 1. The van der Waals surface area contributed by atoms with E-state index in [1.54, 1.807) is 0 Å². The number of nitrogens with one attached hydrogen (secondary N) is 1. The molecule has 4 heteroatoms. The highest BCUT2D eigenvalue weighted by atomic mass is 16.5. The standard InChI is InChI=1S/C13H24N2O2/c1-10-7-12(14-11-3-4-11)9-15(8-10)6-5-13(16)17-2/h10-12,14H,3-9H2,1-2H3. The van der Waals surface area contributed by atoms with E-state index in [4.69, 9.17) is 0 Å². The Morgan fingerprint density at radius 3 is 2.76 bits per heavy atom. The minimum absolute atomic E-state index is 0.102. The molecule has 0 radical (unpaired) electrons. The number of hydrogen-bond acceptors (Lipinski definition) is 4. The molecule has 2 aliphatic rings. The maximum absolute atomic E-state index is 11.1. The molecular formula is C13H24N2O2. The molecule has 2 unspecified atom stereocenters. The third-order valence-electron chi connectivity index (χ3n) is 3.64. The Morgan fingerprint density at radius 1 is 1.35 bits per heavy atom. The van der Waals surface area contributed by atoms with Crippen molar-refractivity contribution >= 4 is 5.97 Å². The average molecular weight is 240 g/mol. The number of esters is 1. The van der Waals surface area contributed by atoms with Gasteiger partial charge in [-0.05, 0) is 25.2 Å². The lowest BCUT2D eigenvalue weighted by atomic mass is 9.95. The number of carbonyl (C=O) groups is 1. The van der Waals surface area contributed by atoms with Gasteiger partial charge in [0.15, 0.2) is 0 Å². The fourth-order valence-electron chi connectivity index (χ4n) is 2.70. The summed E-state index contributed by atoms with van der Waals surface area (Å²) in [5, 5.41) is 3.70. The Labute approximate surface area is 104 Å². The maximum Gasteiger partial charge on any atom is 0.306 e. The second kappa shape index (κ2) is 5.83. The quantitative estimate of drug-likeness (QED) is 0.728. The molecule has 2 rings (SSSR count). The van der Waals surface area contributed by atoms with E-state index in [1.165, 1.54) is 26.4 Å². The van der Waals surface area contributed by atoms with Crippen LogP contribution in [0.3, 0.4) is 0 Å². The van der Waals surface area contributed by atoms with Crippen molar-refractivity contribution in [1.82, 2.24) is 10.2 Å². The SMILES string of the molecule is COC(=O)CCN1CC(C)CC(NC2CC2)C1. The highest BCUT2D eigenvalue weighted by molar-refractivity contribution is 5.69. The van der Waals surface area contributed by atoms with Crippen LogP contribution in [0.1, 0.15) is 32.6 Å². The summed E-state index contributed by atoms with van der Waals surface area (Å²) in [5.41, 5.74) is 0. The van der Waals surface area contributed by atoms with Gasteiger partial charge >= 0.3 is 5.97 Å². The van der Waals surface area contributed by atoms with Gasteiger partial charge in [-0.2, -0.15) is 0 Å². The number of carbonyl (C=O) groups excluding carboxylic acids is 1. The predicted molar refractivity (Wildman–Crippen MR) is 66.8 cm³/mol. The molecule has 0 aromatic rings. The molecule has 1 aliphatic heterocycles. The van der Waals surface area contributed by atoms with E-state index in [0.717, 1.165) is 31.6 Å². The number of nitrogens with zero attached hydrogens (tertiary/aromatic N) is 1. The van der Waals surface area contributed by atoms with Crippen molar-refractivity contribution < 1.29 is 9.53 Å². The number of hydrogen-bond donors (Lipinski definition) is 1. The van der Waals surface area contributed by atoms with Crippen LogP contribution in [0.2, 0.25) is 0 Å². The molecule has 0 spiro atoms. The zero-order valence-electron chi connectivity index (χ0n) is 10.9. The Balaban J connectivity index is 1.74. The monoisotopic (exact) mass is 240 g/mol. The molecule has 98 valence electrons. The van der Waals surface area contributed by atoms with Crippen LogP contribution in [0.25, 0.3) is 0 Å². The first-order valence-electron chi connectivity index (χ1n) is 6.72. The molecular weight excluding hydrogens is 216 g/mol. The summed E-state index contributed by atoms with van der Waals surface area (Å²) in [5.74, 6) is 0.618. The van der Waals surface area contributed by atoms with Crippen molar-refractivity contribution in [2.75, 3.05) is 26.7 Å². The molecule has 0 bridgehead atoms. The second-order valence-corrected chi connectivity index (χ2v) is 5.56. The van der Waals surface area contributed by atoms with E-state index in [2.05, 4.69) is 21.9 Å². The number of piperidine rings is 1. The first-order valence-corrected chi connectivity index (χ1v) is 6.72. The minimum Gasteiger partial charge on any atom is -0.469 e. The Hall–Kier alpha value is -0.610. The Bertz CT molecular complexity index is 264. The van der Waals surface area contributed by atoms with Crippen LogP contribution in [-0.2, 0) is 9.53 Å². The maximum atomic E-state index is 11.1. The van der Waals surface area contributed by atoms with Gasteiger partial charge in [-0.15, -0.1) is 0 Å². The summed E-state index contributed by atoms with van der Waals surface area (Å²) in [7, 11) is 1.46. The van der Waals surface area contributed by atoms with Crippen LogP contribution in [-0.4, -0.2) is 49.7 Å². The molecule has 2 fully saturated rings. The third-order valence-corrected chi connectivity index (χ3v) is 3.64. The van der Waals surface area contributed by atoms with Crippen LogP contribution in [0.15, 0.2) is 0 Å². The summed E-state index contributed by atoms with van der Waals surface area (Å²) >= 11 is 0. The van der Waals surface area contributed by atoms with Gasteiger partial charge in [0.25, 0.3) is 0 Å². The van der Waals surface area contributed by atoms with E-state index in [0.29, 0.717) is 12.5 Å². The molecule has 17 heavy (non-hydrogen) atoms. The lowest BCUT2D eigenvalue weighted by Crippen LogP contribution is -2.49. The summed E-state index contributed by atoms with van der Waals surface area (Å²) in [4.78, 5) is 13.5. The predicted octanol–water partition coefficient (Wildman–Crippen LogP) is 1.01. The van der Waals surface area contributed by atoms with Gasteiger partial charge in [0.2, 0.25) is 0 Å². The third kappa shape index (κ3) is 4.28. The van der Waals surface area contributed by atoms with E-state index >= 15 is 0 Å². The lowest BCUT2D eigenvalue weighted by Gasteiger charge is -2.36. The van der Waals surface area contributed by atoms with Crippen LogP contribution in [0.5, 0.6) is 0 Å². The van der Waals surface area contributed by atoms with E-state index in [1.807, 2.05) is 0 Å². The summed E-state index contributed by atoms with van der Waals surface area (Å²) in [6, 6.07) is 1.39. The number of likely N-dealkylation sites (tertiary alicyclic amines) is 1. The molecule has 2 atom stereocenters. The van der Waals surface area contributed by atoms with Gasteiger partial charge in [-0.3, -0.25) is 4.79 Å². The Kier molecular flexibility index (Phi) is 4.40. The molecule has 0 aromatic carbocycles. The summed E-state index contributed by atoms with van der Waals surface area (Å²) in [6.45, 7) is 5.32. The van der Waals surface area contributed by atoms with E-state index in [-0.39, 0.29) is 5.97 Å². The van der Waals surface area contributed by atoms with Crippen molar-refractivity contribution in [2.24, 2.45) is 5.92 Å². The van der Waals surface area contributed by atoms with Gasteiger partial charge in [-0.25, -0.2) is 0 Å². The zero-order valence-corrected chi connectivity index (χ0v) is 10.9. The lowest BCUT2D eigenvalue weighted by molar-refractivity contribution is -0.141. The number of methoxy groups -OCH3 is 1. The van der Waals surface area contributed by atoms with Crippen LogP contribution < -0.4 is 5.32 Å². The van der Waals surface area contributed by atoms with E-state index in [9.17, 15) is 4.79 Å². The molecule has 1 saturated heterocycles. The van der Waals surface area contributed by atoms with Crippen molar-refractivity contribution in [3.63, 3.8) is 0 Å². The van der Waals surface area contributed by atoms with Gasteiger partial charge in [0.05, 0.1) is 13.5 Å². The molecule has 1 saturated carbocycles. The van der Waals surface area contributed by atoms with Crippen LogP contribution >= 0.6 is 0 Å². The van der Waals surface area contributed by atoms with Crippen molar-refractivity contribution in [3.05, 3.63) is 0 Å². The molecule has 1 heterocycles. The first-order chi connectivity index (χ1) is 8.17. The van der Waals surface area contributed by atoms with Crippen LogP contribution in [0, 0.1) is 5.92 Å². The van der Waals surface area contributed by atoms with E-state index < -0.39 is 0 Å². The van der Waals surface area contributed by atoms with Crippen molar-refractivity contribution in [2.45, 2.75) is 44.7 Å². The van der Waals surface area contributed by atoms with Gasteiger partial charge in [0, 0.05) is 31.7 Å². The van der Waals surface area contributed by atoms with Crippen molar-refractivity contribution in [1.29, 1.82) is 0 Å². The molecule has 1 N–H and O–H groups in total. The van der Waals surface area contributed by atoms with Gasteiger partial charge in [0.1, 0.15) is 0 Å². The normalized spacial score (nSPS) is 30.2. The fourth-order valence-corrected chi connectivity index (χ4v) is 2.70.